The molecule has 7 nitrogen and oxygen atoms in total. The Balaban J connectivity index is 2.59. The summed E-state index contributed by atoms with van der Waals surface area (Å²) in [5.41, 5.74) is 0.353. The highest BCUT2D eigenvalue weighted by atomic mass is 32.1. The van der Waals surface area contributed by atoms with Crippen LogP contribution in [-0.4, -0.2) is 37.5 Å². The van der Waals surface area contributed by atoms with E-state index in [0.29, 0.717) is 22.2 Å². The maximum absolute atomic E-state index is 11.9. The van der Waals surface area contributed by atoms with Crippen molar-refractivity contribution in [3.63, 3.8) is 0 Å². The molecule has 0 aliphatic carbocycles. The summed E-state index contributed by atoms with van der Waals surface area (Å²) < 4.78 is 8.15. The molecule has 0 saturated carbocycles. The van der Waals surface area contributed by atoms with Crippen molar-refractivity contribution in [1.29, 1.82) is 0 Å². The number of ether oxygens (including phenoxy) is 1. The molecule has 2 heterocycles. The molecule has 0 saturated heterocycles. The van der Waals surface area contributed by atoms with Crippen LogP contribution in [0.2, 0.25) is 0 Å². The molecule has 0 amide bonds. The number of rotatable bonds is 4. The first-order valence-electron chi connectivity index (χ1n) is 5.40. The van der Waals surface area contributed by atoms with E-state index in [2.05, 4.69) is 22.7 Å². The van der Waals surface area contributed by atoms with E-state index < -0.39 is 0 Å². The van der Waals surface area contributed by atoms with Gasteiger partial charge in [0.15, 0.2) is 0 Å². The van der Waals surface area contributed by atoms with Crippen LogP contribution in [0.4, 0.5) is 0 Å². The molecular weight excluding hydrogens is 256 g/mol. The van der Waals surface area contributed by atoms with E-state index in [0.717, 1.165) is 0 Å². The van der Waals surface area contributed by atoms with Gasteiger partial charge in [0.05, 0.1) is 18.1 Å². The smallest absolute Gasteiger partial charge is 0.289 e. The molecule has 1 N–H and O–H groups in total. The zero-order chi connectivity index (χ0) is 13.3. The first kappa shape index (κ1) is 13.1. The third-order valence-corrected chi connectivity index (χ3v) is 3.05. The molecule has 0 atom stereocenters. The molecular formula is C10H14N4O3S. The van der Waals surface area contributed by atoms with E-state index in [1.54, 1.807) is 18.4 Å². The summed E-state index contributed by atoms with van der Waals surface area (Å²) in [6, 6.07) is 0. The Morgan fingerprint density at radius 2 is 2.17 bits per heavy atom. The molecule has 8 heteroatoms. The van der Waals surface area contributed by atoms with Gasteiger partial charge in [-0.1, -0.05) is 0 Å². The van der Waals surface area contributed by atoms with Gasteiger partial charge in [-0.25, -0.2) is 0 Å². The van der Waals surface area contributed by atoms with Crippen LogP contribution in [-0.2, 0) is 11.5 Å². The van der Waals surface area contributed by atoms with Gasteiger partial charge in [0, 0.05) is 5.69 Å². The number of aliphatic hydroxyl groups is 1. The summed E-state index contributed by atoms with van der Waals surface area (Å²) in [6.07, 6.45) is 0. The summed E-state index contributed by atoms with van der Waals surface area (Å²) >= 11 is 4.18. The van der Waals surface area contributed by atoms with E-state index in [1.807, 2.05) is 0 Å². The highest BCUT2D eigenvalue weighted by molar-refractivity contribution is 7.80. The number of fused-ring (bicyclic) bond motifs is 1. The Hall–Kier alpha value is -1.38. The summed E-state index contributed by atoms with van der Waals surface area (Å²) in [4.78, 5) is 16.4. The molecule has 0 spiro atoms. The van der Waals surface area contributed by atoms with Crippen molar-refractivity contribution in [1.82, 2.24) is 19.2 Å². The maximum Gasteiger partial charge on any atom is 0.289 e. The van der Waals surface area contributed by atoms with E-state index >= 15 is 0 Å². The van der Waals surface area contributed by atoms with Crippen molar-refractivity contribution < 1.29 is 9.84 Å². The number of aliphatic hydroxyl groups excluding tert-OH is 1. The third kappa shape index (κ3) is 2.14. The Kier molecular flexibility index (Phi) is 3.69. The lowest BCUT2D eigenvalue weighted by Gasteiger charge is -2.13. The van der Waals surface area contributed by atoms with Gasteiger partial charge in [-0.05, 0) is 13.8 Å². The minimum Gasteiger partial charge on any atom is -0.394 e. The second kappa shape index (κ2) is 5.09. The molecule has 0 aliphatic heterocycles. The molecule has 0 aliphatic rings. The lowest BCUT2D eigenvalue weighted by molar-refractivity contribution is 0.0479. The molecule has 18 heavy (non-hydrogen) atoms. The molecule has 0 fully saturated rings. The second-order valence-corrected chi connectivity index (χ2v) is 4.25. The van der Waals surface area contributed by atoms with Crippen molar-refractivity contribution in [3.8, 4) is 0 Å². The minimum absolute atomic E-state index is 0.0605. The van der Waals surface area contributed by atoms with Crippen molar-refractivity contribution in [2.45, 2.75) is 25.5 Å². The number of hydrogen-bond donors (Lipinski definition) is 2. The molecule has 2 aromatic heterocycles. The number of aryl methyl sites for hydroxylation is 1. The van der Waals surface area contributed by atoms with Crippen molar-refractivity contribution in [2.24, 2.45) is 0 Å². The van der Waals surface area contributed by atoms with Gasteiger partial charge in [-0.15, -0.1) is 17.7 Å². The Morgan fingerprint density at radius 3 is 2.83 bits per heavy atom. The molecule has 0 bridgehead atoms. The average molecular weight is 270 g/mol. The van der Waals surface area contributed by atoms with Crippen molar-refractivity contribution in [3.05, 3.63) is 21.9 Å². The monoisotopic (exact) mass is 270 g/mol. The first-order valence-corrected chi connectivity index (χ1v) is 5.85. The fraction of sp³-hybridized carbons (Fsp3) is 0.500. The number of thiol groups is 1. The standard InChI is InChI=1S/C10H14N4O3S/c1-6-8(18)9(16)14-10(11-7(2)12-14)13(6)5-17-4-3-15/h15,18H,3-5H2,1-2H3. The van der Waals surface area contributed by atoms with Crippen LogP contribution in [0.25, 0.3) is 5.78 Å². The minimum atomic E-state index is -0.301. The number of nitrogens with zero attached hydrogens (tertiary/aromatic N) is 4. The molecule has 0 unspecified atom stereocenters. The highest BCUT2D eigenvalue weighted by Crippen LogP contribution is 2.11. The van der Waals surface area contributed by atoms with Crippen LogP contribution < -0.4 is 5.56 Å². The van der Waals surface area contributed by atoms with Crippen LogP contribution in [0.3, 0.4) is 0 Å². The summed E-state index contributed by atoms with van der Waals surface area (Å²) in [5.74, 6) is 0.909. The molecule has 2 rings (SSSR count). The van der Waals surface area contributed by atoms with E-state index in [-0.39, 0.29) is 25.5 Å². The number of hydrogen-bond acceptors (Lipinski definition) is 6. The van der Waals surface area contributed by atoms with Crippen LogP contribution in [0.15, 0.2) is 9.69 Å². The van der Waals surface area contributed by atoms with Gasteiger partial charge >= 0.3 is 0 Å². The van der Waals surface area contributed by atoms with E-state index in [4.69, 9.17) is 9.84 Å². The number of aromatic nitrogens is 4. The van der Waals surface area contributed by atoms with E-state index in [1.165, 1.54) is 4.52 Å². The van der Waals surface area contributed by atoms with Crippen molar-refractivity contribution >= 4 is 18.4 Å². The van der Waals surface area contributed by atoms with Gasteiger partial charge < -0.3 is 9.84 Å². The predicted molar refractivity (Wildman–Crippen MR) is 67.0 cm³/mol. The Bertz CT molecular complexity index is 634. The predicted octanol–water partition coefficient (Wildman–Crippen LogP) is -0.237. The zero-order valence-corrected chi connectivity index (χ0v) is 11.0. The maximum atomic E-state index is 11.9. The molecule has 0 radical (unpaired) electrons. The lowest BCUT2D eigenvalue weighted by atomic mass is 10.4. The molecule has 0 aromatic carbocycles. The lowest BCUT2D eigenvalue weighted by Crippen LogP contribution is -2.23. The zero-order valence-electron chi connectivity index (χ0n) is 10.1. The summed E-state index contributed by atoms with van der Waals surface area (Å²) in [6.45, 7) is 3.80. The third-order valence-electron chi connectivity index (χ3n) is 2.54. The average Bonchev–Trinajstić information content (AvgIpc) is 2.73. The first-order chi connectivity index (χ1) is 8.56. The van der Waals surface area contributed by atoms with Crippen LogP contribution >= 0.6 is 12.6 Å². The quantitative estimate of drug-likeness (QED) is 0.592. The van der Waals surface area contributed by atoms with Crippen LogP contribution in [0.5, 0.6) is 0 Å². The second-order valence-electron chi connectivity index (χ2n) is 3.80. The fourth-order valence-corrected chi connectivity index (χ4v) is 1.84. The van der Waals surface area contributed by atoms with Crippen molar-refractivity contribution in [2.75, 3.05) is 13.2 Å². The summed E-state index contributed by atoms with van der Waals surface area (Å²) in [5, 5.41) is 12.7. The molecule has 98 valence electrons. The highest BCUT2D eigenvalue weighted by Gasteiger charge is 2.14. The van der Waals surface area contributed by atoms with Crippen LogP contribution in [0.1, 0.15) is 11.5 Å². The SMILES string of the molecule is Cc1nc2n(COCCO)c(C)c(S)c(=O)n2n1. The van der Waals surface area contributed by atoms with Gasteiger partial charge in [-0.2, -0.15) is 9.50 Å². The topological polar surface area (TPSA) is 81.6 Å². The van der Waals surface area contributed by atoms with Gasteiger partial charge in [0.2, 0.25) is 5.78 Å². The van der Waals surface area contributed by atoms with Gasteiger partial charge in [0.1, 0.15) is 12.6 Å². The summed E-state index contributed by atoms with van der Waals surface area (Å²) in [7, 11) is 0. The molecule has 2 aromatic rings. The van der Waals surface area contributed by atoms with E-state index in [9.17, 15) is 4.79 Å². The van der Waals surface area contributed by atoms with Gasteiger partial charge in [0.25, 0.3) is 5.56 Å². The normalized spacial score (nSPS) is 11.3. The fourth-order valence-electron chi connectivity index (χ4n) is 1.62. The Morgan fingerprint density at radius 1 is 1.44 bits per heavy atom. The van der Waals surface area contributed by atoms with Crippen LogP contribution in [0, 0.1) is 13.8 Å². The Labute approximate surface area is 108 Å². The largest absolute Gasteiger partial charge is 0.394 e. The van der Waals surface area contributed by atoms with Gasteiger partial charge in [-0.3, -0.25) is 9.36 Å².